The van der Waals surface area contributed by atoms with E-state index in [-0.39, 0.29) is 48.5 Å². The number of hydrogen-bond donors (Lipinski definition) is 0. The van der Waals surface area contributed by atoms with Gasteiger partial charge in [-0.2, -0.15) is 8.78 Å². The molecule has 11 heteroatoms. The Morgan fingerprint density at radius 2 is 2.00 bits per heavy atom. The molecule has 1 amide bonds. The molecule has 0 saturated carbocycles. The Hall–Kier alpha value is -3.47. The lowest BCUT2D eigenvalue weighted by atomic mass is 10.0. The fourth-order valence-corrected chi connectivity index (χ4v) is 3.84. The Labute approximate surface area is 180 Å². The molecule has 0 bridgehead atoms. The van der Waals surface area contributed by atoms with Gasteiger partial charge in [-0.3, -0.25) is 9.78 Å². The second-order valence-electron chi connectivity index (χ2n) is 7.44. The zero-order valence-corrected chi connectivity index (χ0v) is 16.6. The van der Waals surface area contributed by atoms with Crippen molar-refractivity contribution in [3.05, 3.63) is 59.5 Å². The number of hydrogen-bond acceptors (Lipinski definition) is 7. The van der Waals surface area contributed by atoms with Gasteiger partial charge in [0.15, 0.2) is 0 Å². The fraction of sp³-hybridized carbons (Fsp3) is 0.333. The Kier molecular flexibility index (Phi) is 5.25. The molecule has 5 rings (SSSR count). The molecule has 0 aliphatic carbocycles. The maximum absolute atomic E-state index is 13.2. The average Bonchev–Trinajstić information content (AvgIpc) is 3.41. The lowest BCUT2D eigenvalue weighted by Gasteiger charge is -2.37. The lowest BCUT2D eigenvalue weighted by Crippen LogP contribution is -2.52. The first-order chi connectivity index (χ1) is 15.5. The van der Waals surface area contributed by atoms with E-state index in [9.17, 15) is 18.0 Å². The first-order valence-corrected chi connectivity index (χ1v) is 9.91. The number of carbonyl (C=O) groups excluding carboxylic acids is 1. The van der Waals surface area contributed by atoms with Crippen LogP contribution in [0.25, 0.3) is 11.5 Å². The Morgan fingerprint density at radius 3 is 2.75 bits per heavy atom. The van der Waals surface area contributed by atoms with Gasteiger partial charge in [0.2, 0.25) is 5.89 Å². The molecular formula is C21H17F3N4O4. The van der Waals surface area contributed by atoms with E-state index >= 15 is 0 Å². The summed E-state index contributed by atoms with van der Waals surface area (Å²) in [6.45, 7) is 1.00. The van der Waals surface area contributed by atoms with Crippen LogP contribution in [-0.4, -0.2) is 51.3 Å². The highest BCUT2D eigenvalue weighted by Gasteiger charge is 2.40. The third-order valence-electron chi connectivity index (χ3n) is 5.42. The molecule has 2 aliphatic heterocycles. The third-order valence-corrected chi connectivity index (χ3v) is 5.42. The first kappa shape index (κ1) is 20.4. The molecule has 1 saturated heterocycles. The molecule has 8 nitrogen and oxygen atoms in total. The maximum Gasteiger partial charge on any atom is 0.314 e. The van der Waals surface area contributed by atoms with Crippen molar-refractivity contribution in [1.29, 1.82) is 0 Å². The van der Waals surface area contributed by atoms with Gasteiger partial charge in [-0.1, -0.05) is 0 Å². The smallest absolute Gasteiger partial charge is 0.314 e. The molecule has 1 aromatic carbocycles. The molecule has 0 N–H and O–H groups in total. The highest BCUT2D eigenvalue weighted by molar-refractivity contribution is 5.99. The standard InChI is InChI=1S/C21H17F3N4O4/c22-12-1-3-13(4-2-12)31-17-5-6-30-10-16(17)28-9-15-14(21(28)29)7-11(8-25-15)19-26-27-20(32-19)18(23)24/h1-4,7-8,16-18H,5-6,9-10H2. The number of benzene rings is 1. The van der Waals surface area contributed by atoms with E-state index in [2.05, 4.69) is 15.2 Å². The Balaban J connectivity index is 1.37. The van der Waals surface area contributed by atoms with Crippen molar-refractivity contribution in [3.63, 3.8) is 0 Å². The van der Waals surface area contributed by atoms with Crippen molar-refractivity contribution >= 4 is 5.91 Å². The molecule has 0 radical (unpaired) electrons. The Bertz CT molecular complexity index is 1140. The van der Waals surface area contributed by atoms with Crippen LogP contribution in [0.4, 0.5) is 13.2 Å². The minimum Gasteiger partial charge on any atom is -0.488 e. The van der Waals surface area contributed by atoms with Gasteiger partial charge in [-0.25, -0.2) is 4.39 Å². The summed E-state index contributed by atoms with van der Waals surface area (Å²) in [5, 5.41) is 6.91. The third kappa shape index (κ3) is 3.79. The topological polar surface area (TPSA) is 90.6 Å². The van der Waals surface area contributed by atoms with Crippen LogP contribution in [0.15, 0.2) is 40.9 Å². The number of ether oxygens (including phenoxy) is 2. The van der Waals surface area contributed by atoms with Crippen LogP contribution in [0.2, 0.25) is 0 Å². The number of amides is 1. The number of halogens is 3. The number of aromatic nitrogens is 3. The van der Waals surface area contributed by atoms with Crippen LogP contribution in [0, 0.1) is 5.82 Å². The van der Waals surface area contributed by atoms with Crippen LogP contribution in [0.1, 0.15) is 34.8 Å². The van der Waals surface area contributed by atoms with Crippen molar-refractivity contribution in [2.45, 2.75) is 31.5 Å². The van der Waals surface area contributed by atoms with E-state index in [0.717, 1.165) is 0 Å². The van der Waals surface area contributed by atoms with E-state index in [1.165, 1.54) is 36.5 Å². The predicted octanol–water partition coefficient (Wildman–Crippen LogP) is 3.40. The van der Waals surface area contributed by atoms with Gasteiger partial charge in [0.1, 0.15) is 17.7 Å². The van der Waals surface area contributed by atoms with Crippen molar-refractivity contribution in [2.24, 2.45) is 0 Å². The van der Waals surface area contributed by atoms with E-state index in [1.54, 1.807) is 4.90 Å². The van der Waals surface area contributed by atoms with Gasteiger partial charge in [-0.15, -0.1) is 10.2 Å². The second kappa shape index (κ2) is 8.23. The second-order valence-corrected chi connectivity index (χ2v) is 7.44. The average molecular weight is 446 g/mol. The maximum atomic E-state index is 13.2. The number of pyridine rings is 1. The van der Waals surface area contributed by atoms with Gasteiger partial charge in [-0.05, 0) is 30.3 Å². The van der Waals surface area contributed by atoms with Crippen LogP contribution < -0.4 is 4.74 Å². The van der Waals surface area contributed by atoms with Gasteiger partial charge in [0.05, 0.1) is 42.6 Å². The molecule has 0 spiro atoms. The fourth-order valence-electron chi connectivity index (χ4n) is 3.84. The minimum absolute atomic E-state index is 0.139. The summed E-state index contributed by atoms with van der Waals surface area (Å²) in [7, 11) is 0. The molecule has 32 heavy (non-hydrogen) atoms. The molecule has 4 heterocycles. The zero-order chi connectivity index (χ0) is 22.2. The number of alkyl halides is 2. The van der Waals surface area contributed by atoms with Gasteiger partial charge < -0.3 is 18.8 Å². The van der Waals surface area contributed by atoms with Crippen molar-refractivity contribution in [1.82, 2.24) is 20.1 Å². The molecule has 2 aliphatic rings. The monoisotopic (exact) mass is 446 g/mol. The number of carbonyl (C=O) groups is 1. The molecule has 166 valence electrons. The molecular weight excluding hydrogens is 429 g/mol. The zero-order valence-electron chi connectivity index (χ0n) is 16.6. The van der Waals surface area contributed by atoms with Crippen LogP contribution in [-0.2, 0) is 11.3 Å². The molecule has 2 unspecified atom stereocenters. The molecule has 1 fully saturated rings. The van der Waals surface area contributed by atoms with Crippen LogP contribution in [0.5, 0.6) is 5.75 Å². The van der Waals surface area contributed by atoms with Crippen molar-refractivity contribution in [3.8, 4) is 17.2 Å². The molecule has 3 aromatic rings. The van der Waals surface area contributed by atoms with E-state index in [4.69, 9.17) is 13.9 Å². The van der Waals surface area contributed by atoms with Crippen LogP contribution >= 0.6 is 0 Å². The number of fused-ring (bicyclic) bond motifs is 1. The predicted molar refractivity (Wildman–Crippen MR) is 102 cm³/mol. The van der Waals surface area contributed by atoms with Crippen LogP contribution in [0.3, 0.4) is 0 Å². The number of nitrogens with zero attached hydrogens (tertiary/aromatic N) is 4. The highest BCUT2D eigenvalue weighted by Crippen LogP contribution is 2.31. The minimum atomic E-state index is -2.89. The summed E-state index contributed by atoms with van der Waals surface area (Å²) in [5.41, 5.74) is 1.14. The van der Waals surface area contributed by atoms with Gasteiger partial charge in [0.25, 0.3) is 11.8 Å². The van der Waals surface area contributed by atoms with Crippen molar-refractivity contribution < 1.29 is 31.9 Å². The summed E-state index contributed by atoms with van der Waals surface area (Å²) in [6, 6.07) is 6.81. The SMILES string of the molecule is O=C1c2cc(-c3nnc(C(F)F)o3)cnc2CN1C1COCCC1Oc1ccc(F)cc1. The summed E-state index contributed by atoms with van der Waals surface area (Å²) >= 11 is 0. The van der Waals surface area contributed by atoms with E-state index < -0.39 is 12.3 Å². The van der Waals surface area contributed by atoms with Gasteiger partial charge in [0, 0.05) is 12.6 Å². The van der Waals surface area contributed by atoms with Gasteiger partial charge >= 0.3 is 6.43 Å². The van der Waals surface area contributed by atoms with E-state index in [0.29, 0.717) is 30.0 Å². The Morgan fingerprint density at radius 1 is 1.19 bits per heavy atom. The normalized spacial score (nSPS) is 20.6. The molecule has 2 aromatic heterocycles. The lowest BCUT2D eigenvalue weighted by molar-refractivity contribution is -0.0430. The van der Waals surface area contributed by atoms with Crippen molar-refractivity contribution in [2.75, 3.05) is 13.2 Å². The summed E-state index contributed by atoms with van der Waals surface area (Å²) in [4.78, 5) is 19.1. The summed E-state index contributed by atoms with van der Waals surface area (Å²) in [5.74, 6) is -1.09. The first-order valence-electron chi connectivity index (χ1n) is 9.91. The quantitative estimate of drug-likeness (QED) is 0.593. The largest absolute Gasteiger partial charge is 0.488 e. The molecule has 2 atom stereocenters. The number of rotatable bonds is 5. The highest BCUT2D eigenvalue weighted by atomic mass is 19.3. The van der Waals surface area contributed by atoms with E-state index in [1.807, 2.05) is 0 Å². The summed E-state index contributed by atoms with van der Waals surface area (Å²) in [6.07, 6.45) is -1.28. The summed E-state index contributed by atoms with van der Waals surface area (Å²) < 4.78 is 55.2.